The van der Waals surface area contributed by atoms with Crippen LogP contribution in [-0.4, -0.2) is 43.5 Å². The molecule has 4 aromatic rings. The molecular formula is C29H31NO5S2. The zero-order chi connectivity index (χ0) is 26.4. The van der Waals surface area contributed by atoms with Gasteiger partial charge in [0, 0.05) is 24.2 Å². The topological polar surface area (TPSA) is 83.9 Å². The maximum absolute atomic E-state index is 13.9. The van der Waals surface area contributed by atoms with Crippen molar-refractivity contribution in [1.29, 1.82) is 0 Å². The van der Waals surface area contributed by atoms with Gasteiger partial charge >= 0.3 is 5.97 Å². The van der Waals surface area contributed by atoms with E-state index >= 15 is 0 Å². The van der Waals surface area contributed by atoms with Gasteiger partial charge in [-0.05, 0) is 67.0 Å². The SMILES string of the molecule is Cc1ccc2sc(S(=O)(=O)N(CCOc3ccc(CCC(=O)O)cc3)CCc3ccccc3)c(C)c2c1. The summed E-state index contributed by atoms with van der Waals surface area (Å²) in [5.41, 5.74) is 3.87. The first-order valence-corrected chi connectivity index (χ1v) is 14.5. The fourth-order valence-electron chi connectivity index (χ4n) is 4.20. The number of carbonyl (C=O) groups is 1. The first-order valence-electron chi connectivity index (χ1n) is 12.2. The van der Waals surface area contributed by atoms with Crippen molar-refractivity contribution in [2.24, 2.45) is 0 Å². The molecule has 6 nitrogen and oxygen atoms in total. The average molecular weight is 538 g/mol. The lowest BCUT2D eigenvalue weighted by molar-refractivity contribution is -0.136. The molecule has 8 heteroatoms. The van der Waals surface area contributed by atoms with E-state index in [0.717, 1.165) is 32.3 Å². The molecule has 0 saturated carbocycles. The van der Waals surface area contributed by atoms with Crippen LogP contribution in [0.15, 0.2) is 77.0 Å². The van der Waals surface area contributed by atoms with Crippen molar-refractivity contribution in [2.75, 3.05) is 19.7 Å². The lowest BCUT2D eigenvalue weighted by Gasteiger charge is -2.22. The quantitative estimate of drug-likeness (QED) is 0.245. The van der Waals surface area contributed by atoms with Crippen LogP contribution in [-0.2, 0) is 27.7 Å². The summed E-state index contributed by atoms with van der Waals surface area (Å²) < 4.78 is 36.5. The van der Waals surface area contributed by atoms with Crippen molar-refractivity contribution < 1.29 is 23.1 Å². The minimum Gasteiger partial charge on any atom is -0.492 e. The highest BCUT2D eigenvalue weighted by atomic mass is 32.2. The van der Waals surface area contributed by atoms with Gasteiger partial charge in [-0.3, -0.25) is 4.79 Å². The lowest BCUT2D eigenvalue weighted by atomic mass is 10.1. The third-order valence-corrected chi connectivity index (χ3v) is 10.0. The number of fused-ring (bicyclic) bond motifs is 1. The van der Waals surface area contributed by atoms with Crippen molar-refractivity contribution in [3.63, 3.8) is 0 Å². The third kappa shape index (κ3) is 6.77. The van der Waals surface area contributed by atoms with Crippen molar-refractivity contribution in [3.05, 3.63) is 95.1 Å². The molecule has 0 atom stereocenters. The predicted molar refractivity (Wildman–Crippen MR) is 148 cm³/mol. The summed E-state index contributed by atoms with van der Waals surface area (Å²) in [4.78, 5) is 10.8. The van der Waals surface area contributed by atoms with Crippen LogP contribution in [0, 0.1) is 13.8 Å². The highest BCUT2D eigenvalue weighted by Crippen LogP contribution is 2.36. The van der Waals surface area contributed by atoms with Crippen molar-refractivity contribution in [1.82, 2.24) is 4.31 Å². The maximum atomic E-state index is 13.9. The van der Waals surface area contributed by atoms with Crippen LogP contribution < -0.4 is 4.74 Å². The Morgan fingerprint density at radius 2 is 1.62 bits per heavy atom. The van der Waals surface area contributed by atoms with Gasteiger partial charge in [-0.25, -0.2) is 8.42 Å². The number of rotatable bonds is 12. The molecule has 0 spiro atoms. The summed E-state index contributed by atoms with van der Waals surface area (Å²) in [5, 5.41) is 9.83. The van der Waals surface area contributed by atoms with E-state index in [1.165, 1.54) is 15.6 Å². The Labute approximate surface area is 222 Å². The molecule has 0 aliphatic rings. The molecule has 0 amide bonds. The van der Waals surface area contributed by atoms with Crippen molar-refractivity contribution >= 4 is 37.4 Å². The van der Waals surface area contributed by atoms with E-state index in [9.17, 15) is 13.2 Å². The molecule has 0 fully saturated rings. The molecule has 0 aliphatic heterocycles. The highest BCUT2D eigenvalue weighted by Gasteiger charge is 2.29. The number of ether oxygens (including phenoxy) is 1. The number of hydrogen-bond donors (Lipinski definition) is 1. The van der Waals surface area contributed by atoms with Crippen LogP contribution >= 0.6 is 11.3 Å². The zero-order valence-electron chi connectivity index (χ0n) is 21.0. The summed E-state index contributed by atoms with van der Waals surface area (Å²) in [6.45, 7) is 4.64. The Morgan fingerprint density at radius 3 is 2.32 bits per heavy atom. The number of aliphatic carboxylic acids is 1. The average Bonchev–Trinajstić information content (AvgIpc) is 3.22. The van der Waals surface area contributed by atoms with E-state index in [4.69, 9.17) is 9.84 Å². The Hall–Kier alpha value is -3.20. The maximum Gasteiger partial charge on any atom is 0.303 e. The normalized spacial score (nSPS) is 11.8. The minimum atomic E-state index is -3.74. The molecule has 0 bridgehead atoms. The fourth-order valence-corrected chi connectivity index (χ4v) is 7.50. The number of aryl methyl sites for hydroxylation is 3. The van der Waals surface area contributed by atoms with Crippen molar-refractivity contribution in [2.45, 2.75) is 37.3 Å². The van der Waals surface area contributed by atoms with Crippen LogP contribution in [0.5, 0.6) is 5.75 Å². The van der Waals surface area contributed by atoms with E-state index in [1.54, 1.807) is 12.1 Å². The van der Waals surface area contributed by atoms with Crippen LogP contribution in [0.4, 0.5) is 0 Å². The smallest absolute Gasteiger partial charge is 0.303 e. The van der Waals surface area contributed by atoms with Gasteiger partial charge in [-0.1, -0.05) is 60.2 Å². The molecule has 4 rings (SSSR count). The van der Waals surface area contributed by atoms with Gasteiger partial charge in [0.15, 0.2) is 0 Å². The molecule has 0 aliphatic carbocycles. The number of carboxylic acid groups (broad SMARTS) is 1. The molecule has 1 N–H and O–H groups in total. The second-order valence-corrected chi connectivity index (χ2v) is 12.2. The number of nitrogens with zero attached hydrogens (tertiary/aromatic N) is 1. The minimum absolute atomic E-state index is 0.0746. The third-order valence-electron chi connectivity index (χ3n) is 6.28. The summed E-state index contributed by atoms with van der Waals surface area (Å²) in [7, 11) is -3.74. The summed E-state index contributed by atoms with van der Waals surface area (Å²) in [6.07, 6.45) is 1.13. The van der Waals surface area contributed by atoms with Gasteiger partial charge in [0.2, 0.25) is 0 Å². The summed E-state index contributed by atoms with van der Waals surface area (Å²) >= 11 is 1.32. The molecule has 0 unspecified atom stereocenters. The molecule has 194 valence electrons. The largest absolute Gasteiger partial charge is 0.492 e. The Morgan fingerprint density at radius 1 is 0.919 bits per heavy atom. The highest BCUT2D eigenvalue weighted by molar-refractivity contribution is 7.91. The Kier molecular flexibility index (Phi) is 8.63. The summed E-state index contributed by atoms with van der Waals surface area (Å²) in [5.74, 6) is -0.214. The van der Waals surface area contributed by atoms with Gasteiger partial charge < -0.3 is 9.84 Å². The molecular weight excluding hydrogens is 506 g/mol. The molecule has 0 radical (unpaired) electrons. The van der Waals surface area contributed by atoms with E-state index in [0.29, 0.717) is 29.3 Å². The number of thiophene rings is 1. The van der Waals surface area contributed by atoms with Crippen LogP contribution in [0.25, 0.3) is 10.1 Å². The van der Waals surface area contributed by atoms with Crippen LogP contribution in [0.2, 0.25) is 0 Å². The molecule has 3 aromatic carbocycles. The Balaban J connectivity index is 1.51. The molecule has 0 saturated heterocycles. The Bertz CT molecular complexity index is 1460. The van der Waals surface area contributed by atoms with Crippen LogP contribution in [0.1, 0.15) is 28.7 Å². The van der Waals surface area contributed by atoms with E-state index in [1.807, 2.05) is 74.5 Å². The second kappa shape index (κ2) is 11.9. The van der Waals surface area contributed by atoms with Crippen molar-refractivity contribution in [3.8, 4) is 5.75 Å². The second-order valence-electron chi connectivity index (χ2n) is 9.04. The standard InChI is InChI=1S/C29H31NO5S2/c1-21-8-14-27-26(20-21)22(2)29(36-27)37(33,34)30(17-16-23-6-4-3-5-7-23)18-19-35-25-12-9-24(10-13-25)11-15-28(31)32/h3-10,12-14,20H,11,15-19H2,1-2H3,(H,31,32). The van der Waals surface area contributed by atoms with E-state index < -0.39 is 16.0 Å². The van der Waals surface area contributed by atoms with E-state index in [-0.39, 0.29) is 19.6 Å². The number of hydrogen-bond acceptors (Lipinski definition) is 5. The number of sulfonamides is 1. The van der Waals surface area contributed by atoms with Gasteiger partial charge in [0.25, 0.3) is 10.0 Å². The molecule has 1 aromatic heterocycles. The fraction of sp³-hybridized carbons (Fsp3) is 0.276. The van der Waals surface area contributed by atoms with Gasteiger partial charge in [-0.2, -0.15) is 4.31 Å². The summed E-state index contributed by atoms with van der Waals surface area (Å²) in [6, 6.07) is 23.1. The van der Waals surface area contributed by atoms with Gasteiger partial charge in [-0.15, -0.1) is 11.3 Å². The monoisotopic (exact) mass is 537 g/mol. The first kappa shape index (κ1) is 26.9. The number of carboxylic acids is 1. The van der Waals surface area contributed by atoms with E-state index in [2.05, 4.69) is 0 Å². The zero-order valence-corrected chi connectivity index (χ0v) is 22.6. The lowest BCUT2D eigenvalue weighted by Crippen LogP contribution is -2.36. The molecule has 37 heavy (non-hydrogen) atoms. The molecule has 1 heterocycles. The van der Waals surface area contributed by atoms with Gasteiger partial charge in [0.05, 0.1) is 0 Å². The number of benzene rings is 3. The predicted octanol–water partition coefficient (Wildman–Crippen LogP) is 5.85. The van der Waals surface area contributed by atoms with Crippen LogP contribution in [0.3, 0.4) is 0 Å². The first-order chi connectivity index (χ1) is 17.7. The van der Waals surface area contributed by atoms with Gasteiger partial charge in [0.1, 0.15) is 16.6 Å².